The zero-order valence-corrected chi connectivity index (χ0v) is 14.9. The quantitative estimate of drug-likeness (QED) is 0.448. The van der Waals surface area contributed by atoms with Crippen molar-refractivity contribution in [2.75, 3.05) is 37.7 Å². The first-order chi connectivity index (χ1) is 9.81. The molecule has 0 saturated carbocycles. The zero-order chi connectivity index (χ0) is 14.2. The van der Waals surface area contributed by atoms with Gasteiger partial charge in [-0.3, -0.25) is 0 Å². The predicted molar refractivity (Wildman–Crippen MR) is 98.5 cm³/mol. The van der Waals surface area contributed by atoms with Crippen LogP contribution in [0.4, 0.5) is 5.69 Å². The number of aliphatic imine (C=N–C) groups is 1. The van der Waals surface area contributed by atoms with Gasteiger partial charge >= 0.3 is 0 Å². The third kappa shape index (κ3) is 5.70. The molecule has 1 saturated heterocycles. The summed E-state index contributed by atoms with van der Waals surface area (Å²) in [5.74, 6) is 0.517. The van der Waals surface area contributed by atoms with Gasteiger partial charge in [-0.1, -0.05) is 25.1 Å². The van der Waals surface area contributed by atoms with E-state index in [4.69, 9.17) is 10.5 Å². The minimum absolute atomic E-state index is 0. The molecule has 0 aromatic heterocycles. The summed E-state index contributed by atoms with van der Waals surface area (Å²) >= 11 is 0. The molecule has 1 aromatic rings. The standard InChI is InChI=1S/C15H24N4O.HI/c1-2-7-17-15(16)18-12-13-5-3-4-6-14(13)19-8-10-20-11-9-19;/h3-6H,2,7-12H2,1H3,(H3,16,17,18);1H. The molecular formula is C15H25IN4O. The Labute approximate surface area is 144 Å². The van der Waals surface area contributed by atoms with Crippen LogP contribution in [0.2, 0.25) is 0 Å². The summed E-state index contributed by atoms with van der Waals surface area (Å²) in [4.78, 5) is 6.76. The van der Waals surface area contributed by atoms with Gasteiger partial charge in [-0.25, -0.2) is 4.99 Å². The molecule has 2 rings (SSSR count). The molecule has 1 fully saturated rings. The fourth-order valence-electron chi connectivity index (χ4n) is 2.24. The number of guanidine groups is 1. The molecule has 3 N–H and O–H groups in total. The number of ether oxygens (including phenoxy) is 1. The average molecular weight is 404 g/mol. The fraction of sp³-hybridized carbons (Fsp3) is 0.533. The summed E-state index contributed by atoms with van der Waals surface area (Å²) in [6.45, 7) is 7.02. The van der Waals surface area contributed by atoms with E-state index in [2.05, 4.69) is 40.3 Å². The van der Waals surface area contributed by atoms with Crippen LogP contribution in [0.25, 0.3) is 0 Å². The van der Waals surface area contributed by atoms with Crippen LogP contribution in [-0.4, -0.2) is 38.8 Å². The lowest BCUT2D eigenvalue weighted by Crippen LogP contribution is -2.36. The van der Waals surface area contributed by atoms with E-state index in [0.717, 1.165) is 39.3 Å². The van der Waals surface area contributed by atoms with E-state index in [1.807, 2.05) is 6.07 Å². The Morgan fingerprint density at radius 2 is 2.05 bits per heavy atom. The molecule has 0 spiro atoms. The molecule has 1 aliphatic rings. The highest BCUT2D eigenvalue weighted by Gasteiger charge is 2.13. The van der Waals surface area contributed by atoms with Crippen LogP contribution in [0.5, 0.6) is 0 Å². The molecule has 1 aliphatic heterocycles. The number of hydrogen-bond acceptors (Lipinski definition) is 3. The number of nitrogens with two attached hydrogens (primary N) is 1. The Kier molecular flexibility index (Phi) is 8.44. The number of para-hydroxylation sites is 1. The normalized spacial score (nSPS) is 15.5. The molecule has 5 nitrogen and oxygen atoms in total. The number of anilines is 1. The molecule has 0 aliphatic carbocycles. The maximum atomic E-state index is 5.84. The lowest BCUT2D eigenvalue weighted by atomic mass is 10.1. The second-order valence-corrected chi connectivity index (χ2v) is 4.86. The first-order valence-corrected chi connectivity index (χ1v) is 7.25. The van der Waals surface area contributed by atoms with Crippen LogP contribution in [-0.2, 0) is 11.3 Å². The van der Waals surface area contributed by atoms with E-state index in [-0.39, 0.29) is 24.0 Å². The van der Waals surface area contributed by atoms with Gasteiger partial charge in [0.15, 0.2) is 5.96 Å². The average Bonchev–Trinajstić information content (AvgIpc) is 2.52. The SMILES string of the molecule is CCCNC(N)=NCc1ccccc1N1CCOCC1.I. The number of nitrogens with one attached hydrogen (secondary N) is 1. The highest BCUT2D eigenvalue weighted by Crippen LogP contribution is 2.22. The molecule has 1 heterocycles. The van der Waals surface area contributed by atoms with Gasteiger partial charge in [0, 0.05) is 25.3 Å². The van der Waals surface area contributed by atoms with E-state index in [9.17, 15) is 0 Å². The highest BCUT2D eigenvalue weighted by atomic mass is 127. The minimum atomic E-state index is 0. The fourth-order valence-corrected chi connectivity index (χ4v) is 2.24. The van der Waals surface area contributed by atoms with E-state index in [0.29, 0.717) is 12.5 Å². The lowest BCUT2D eigenvalue weighted by molar-refractivity contribution is 0.122. The summed E-state index contributed by atoms with van der Waals surface area (Å²) in [6.07, 6.45) is 1.04. The number of benzene rings is 1. The summed E-state index contributed by atoms with van der Waals surface area (Å²) in [7, 11) is 0. The Hall–Kier alpha value is -1.02. The molecule has 21 heavy (non-hydrogen) atoms. The predicted octanol–water partition coefficient (Wildman–Crippen LogP) is 1.96. The van der Waals surface area contributed by atoms with Gasteiger partial charge < -0.3 is 20.7 Å². The van der Waals surface area contributed by atoms with Gasteiger partial charge in [-0.05, 0) is 18.1 Å². The van der Waals surface area contributed by atoms with Crippen molar-refractivity contribution in [2.24, 2.45) is 10.7 Å². The van der Waals surface area contributed by atoms with Gasteiger partial charge in [0.1, 0.15) is 0 Å². The van der Waals surface area contributed by atoms with Crippen LogP contribution in [0.3, 0.4) is 0 Å². The highest BCUT2D eigenvalue weighted by molar-refractivity contribution is 14.0. The molecule has 0 bridgehead atoms. The molecule has 0 amide bonds. The van der Waals surface area contributed by atoms with Crippen molar-refractivity contribution in [2.45, 2.75) is 19.9 Å². The van der Waals surface area contributed by atoms with Crippen LogP contribution >= 0.6 is 24.0 Å². The second-order valence-electron chi connectivity index (χ2n) is 4.86. The van der Waals surface area contributed by atoms with Crippen molar-refractivity contribution >= 4 is 35.6 Å². The number of morpholine rings is 1. The molecule has 0 radical (unpaired) electrons. The van der Waals surface area contributed by atoms with Gasteiger partial charge in [-0.15, -0.1) is 24.0 Å². The van der Waals surface area contributed by atoms with Crippen molar-refractivity contribution in [3.8, 4) is 0 Å². The van der Waals surface area contributed by atoms with Crippen LogP contribution < -0.4 is 16.0 Å². The summed E-state index contributed by atoms with van der Waals surface area (Å²) < 4.78 is 5.40. The van der Waals surface area contributed by atoms with Crippen molar-refractivity contribution in [3.63, 3.8) is 0 Å². The van der Waals surface area contributed by atoms with Crippen molar-refractivity contribution in [3.05, 3.63) is 29.8 Å². The molecular weight excluding hydrogens is 379 g/mol. The summed E-state index contributed by atoms with van der Waals surface area (Å²) in [5.41, 5.74) is 8.28. The number of nitrogens with zero attached hydrogens (tertiary/aromatic N) is 2. The van der Waals surface area contributed by atoms with Gasteiger partial charge in [0.2, 0.25) is 0 Å². The van der Waals surface area contributed by atoms with Crippen molar-refractivity contribution in [1.82, 2.24) is 5.32 Å². The number of rotatable bonds is 5. The third-order valence-electron chi connectivity index (χ3n) is 3.32. The molecule has 0 atom stereocenters. The topological polar surface area (TPSA) is 62.9 Å². The van der Waals surface area contributed by atoms with Crippen LogP contribution in [0.15, 0.2) is 29.3 Å². The van der Waals surface area contributed by atoms with E-state index in [1.165, 1.54) is 11.3 Å². The molecule has 6 heteroatoms. The smallest absolute Gasteiger partial charge is 0.188 e. The molecule has 0 unspecified atom stereocenters. The van der Waals surface area contributed by atoms with E-state index in [1.54, 1.807) is 0 Å². The molecule has 1 aromatic carbocycles. The monoisotopic (exact) mass is 404 g/mol. The van der Waals surface area contributed by atoms with Gasteiger partial charge in [-0.2, -0.15) is 0 Å². The summed E-state index contributed by atoms with van der Waals surface area (Å²) in [6, 6.07) is 8.37. The van der Waals surface area contributed by atoms with Crippen molar-refractivity contribution < 1.29 is 4.74 Å². The first kappa shape index (κ1) is 18.0. The first-order valence-electron chi connectivity index (χ1n) is 7.25. The number of halogens is 1. The zero-order valence-electron chi connectivity index (χ0n) is 12.5. The lowest BCUT2D eigenvalue weighted by Gasteiger charge is -2.30. The Balaban J connectivity index is 0.00000220. The Bertz CT molecular complexity index is 447. The maximum Gasteiger partial charge on any atom is 0.188 e. The third-order valence-corrected chi connectivity index (χ3v) is 3.32. The summed E-state index contributed by atoms with van der Waals surface area (Å²) in [5, 5.41) is 3.10. The minimum Gasteiger partial charge on any atom is -0.378 e. The van der Waals surface area contributed by atoms with E-state index < -0.39 is 0 Å². The van der Waals surface area contributed by atoms with Gasteiger partial charge in [0.05, 0.1) is 19.8 Å². The second kappa shape index (κ2) is 9.83. The maximum absolute atomic E-state index is 5.84. The van der Waals surface area contributed by atoms with Crippen LogP contribution in [0.1, 0.15) is 18.9 Å². The largest absolute Gasteiger partial charge is 0.378 e. The van der Waals surface area contributed by atoms with Crippen molar-refractivity contribution in [1.29, 1.82) is 0 Å². The van der Waals surface area contributed by atoms with Crippen LogP contribution in [0, 0.1) is 0 Å². The van der Waals surface area contributed by atoms with Gasteiger partial charge in [0.25, 0.3) is 0 Å². The Morgan fingerprint density at radius 3 is 2.76 bits per heavy atom. The van der Waals surface area contributed by atoms with E-state index >= 15 is 0 Å². The molecule has 118 valence electrons. The number of hydrogen-bond donors (Lipinski definition) is 2. The Morgan fingerprint density at radius 1 is 1.33 bits per heavy atom.